The molecule has 0 aromatic carbocycles. The number of halogens is 1. The summed E-state index contributed by atoms with van der Waals surface area (Å²) in [7, 11) is 0. The third-order valence-electron chi connectivity index (χ3n) is 3.04. The SMILES string of the molecule is CC1OCCC1(O)CNC(=O)c1csc(I)c1. The van der Waals surface area contributed by atoms with E-state index in [0.717, 1.165) is 2.88 Å². The minimum Gasteiger partial charge on any atom is -0.385 e. The number of carbonyl (C=O) groups is 1. The third-order valence-corrected chi connectivity index (χ3v) is 4.83. The minimum absolute atomic E-state index is 0.142. The second kappa shape index (κ2) is 5.21. The van der Waals surface area contributed by atoms with E-state index < -0.39 is 5.60 Å². The molecule has 0 spiro atoms. The molecule has 2 atom stereocenters. The quantitative estimate of drug-likeness (QED) is 0.799. The molecule has 2 rings (SSSR count). The molecule has 2 N–H and O–H groups in total. The highest BCUT2D eigenvalue weighted by atomic mass is 127. The number of hydrogen-bond donors (Lipinski definition) is 2. The van der Waals surface area contributed by atoms with Crippen LogP contribution in [0, 0.1) is 2.88 Å². The Balaban J connectivity index is 1.92. The van der Waals surface area contributed by atoms with Crippen molar-refractivity contribution in [3.05, 3.63) is 19.9 Å². The van der Waals surface area contributed by atoms with E-state index in [2.05, 4.69) is 27.9 Å². The lowest BCUT2D eigenvalue weighted by molar-refractivity contribution is -0.0251. The van der Waals surface area contributed by atoms with Crippen molar-refractivity contribution in [1.29, 1.82) is 0 Å². The summed E-state index contributed by atoms with van der Waals surface area (Å²) in [5.41, 5.74) is -0.284. The molecule has 0 aliphatic carbocycles. The third kappa shape index (κ3) is 2.98. The van der Waals surface area contributed by atoms with Gasteiger partial charge < -0.3 is 15.2 Å². The molecule has 1 fully saturated rings. The largest absolute Gasteiger partial charge is 0.385 e. The lowest BCUT2D eigenvalue weighted by Crippen LogP contribution is -2.47. The van der Waals surface area contributed by atoms with E-state index in [9.17, 15) is 9.90 Å². The van der Waals surface area contributed by atoms with E-state index in [1.54, 1.807) is 0 Å². The van der Waals surface area contributed by atoms with Gasteiger partial charge in [0, 0.05) is 25.0 Å². The Morgan fingerprint density at radius 3 is 3.12 bits per heavy atom. The molecule has 0 saturated carbocycles. The smallest absolute Gasteiger partial charge is 0.252 e. The molecule has 0 bridgehead atoms. The normalized spacial score (nSPS) is 28.3. The number of thiophene rings is 1. The molecule has 1 aromatic heterocycles. The first-order valence-corrected chi connectivity index (χ1v) is 7.33. The zero-order valence-corrected chi connectivity index (χ0v) is 12.4. The molecule has 2 heterocycles. The molecule has 0 radical (unpaired) electrons. The zero-order valence-electron chi connectivity index (χ0n) is 9.40. The summed E-state index contributed by atoms with van der Waals surface area (Å²) in [5, 5.41) is 14.8. The van der Waals surface area contributed by atoms with Gasteiger partial charge in [-0.1, -0.05) is 0 Å². The monoisotopic (exact) mass is 367 g/mol. The predicted octanol–water partition coefficient (Wildman–Crippen LogP) is 1.62. The van der Waals surface area contributed by atoms with Gasteiger partial charge in [0.05, 0.1) is 14.6 Å². The number of nitrogens with one attached hydrogen (secondary N) is 1. The summed E-state index contributed by atoms with van der Waals surface area (Å²) >= 11 is 3.70. The molecule has 17 heavy (non-hydrogen) atoms. The Morgan fingerprint density at radius 2 is 2.59 bits per heavy atom. The number of carbonyl (C=O) groups excluding carboxylic acids is 1. The van der Waals surface area contributed by atoms with Crippen LogP contribution in [0.5, 0.6) is 0 Å². The average Bonchev–Trinajstić information content (AvgIpc) is 2.84. The molecule has 6 heteroatoms. The summed E-state index contributed by atoms with van der Waals surface area (Å²) in [4.78, 5) is 11.8. The summed E-state index contributed by atoms with van der Waals surface area (Å²) in [5.74, 6) is -0.142. The Bertz CT molecular complexity index is 423. The van der Waals surface area contributed by atoms with Gasteiger partial charge in [0.1, 0.15) is 5.60 Å². The van der Waals surface area contributed by atoms with Crippen molar-refractivity contribution in [2.24, 2.45) is 0 Å². The van der Waals surface area contributed by atoms with Crippen molar-refractivity contribution in [2.45, 2.75) is 25.0 Å². The molecule has 1 saturated heterocycles. The van der Waals surface area contributed by atoms with Crippen LogP contribution < -0.4 is 5.32 Å². The van der Waals surface area contributed by atoms with Gasteiger partial charge in [0.25, 0.3) is 5.91 Å². The highest BCUT2D eigenvalue weighted by molar-refractivity contribution is 14.1. The van der Waals surface area contributed by atoms with Crippen molar-refractivity contribution >= 4 is 39.8 Å². The summed E-state index contributed by atoms with van der Waals surface area (Å²) < 4.78 is 6.38. The Kier molecular flexibility index (Phi) is 4.06. The molecular formula is C11H14INO3S. The van der Waals surface area contributed by atoms with Gasteiger partial charge in [-0.2, -0.15) is 0 Å². The summed E-state index contributed by atoms with van der Waals surface area (Å²) in [6, 6.07) is 1.83. The van der Waals surface area contributed by atoms with Gasteiger partial charge in [-0.3, -0.25) is 4.79 Å². The van der Waals surface area contributed by atoms with E-state index in [1.165, 1.54) is 11.3 Å². The van der Waals surface area contributed by atoms with Gasteiger partial charge in [0.15, 0.2) is 0 Å². The van der Waals surface area contributed by atoms with Gasteiger partial charge >= 0.3 is 0 Å². The van der Waals surface area contributed by atoms with Crippen molar-refractivity contribution in [1.82, 2.24) is 5.32 Å². The number of ether oxygens (including phenoxy) is 1. The van der Waals surface area contributed by atoms with E-state index >= 15 is 0 Å². The van der Waals surface area contributed by atoms with E-state index in [1.807, 2.05) is 18.4 Å². The van der Waals surface area contributed by atoms with Gasteiger partial charge in [0.2, 0.25) is 0 Å². The van der Waals surface area contributed by atoms with E-state index in [0.29, 0.717) is 18.6 Å². The lowest BCUT2D eigenvalue weighted by Gasteiger charge is -2.25. The molecule has 1 aliphatic heterocycles. The standard InChI is InChI=1S/C11H14INO3S/c1-7-11(15,2-3-16-7)6-13-10(14)8-4-9(12)17-5-8/h4-5,7,15H,2-3,6H2,1H3,(H,13,14). The molecule has 2 unspecified atom stereocenters. The van der Waals surface area contributed by atoms with Gasteiger partial charge in [-0.15, -0.1) is 11.3 Å². The fourth-order valence-electron chi connectivity index (χ4n) is 1.77. The Morgan fingerprint density at radius 1 is 1.82 bits per heavy atom. The van der Waals surface area contributed by atoms with Crippen LogP contribution >= 0.6 is 33.9 Å². The molecule has 94 valence electrons. The first kappa shape index (κ1) is 13.3. The second-order valence-corrected chi connectivity index (χ2v) is 6.99. The van der Waals surface area contributed by atoms with Crippen molar-refractivity contribution in [2.75, 3.05) is 13.2 Å². The van der Waals surface area contributed by atoms with Crippen LogP contribution in [-0.4, -0.2) is 35.9 Å². The topological polar surface area (TPSA) is 58.6 Å². The molecule has 1 amide bonds. The van der Waals surface area contributed by atoms with Gasteiger partial charge in [-0.05, 0) is 35.6 Å². The average molecular weight is 367 g/mol. The highest BCUT2D eigenvalue weighted by Crippen LogP contribution is 2.25. The number of aliphatic hydroxyl groups is 1. The lowest BCUT2D eigenvalue weighted by atomic mass is 9.96. The van der Waals surface area contributed by atoms with Crippen LogP contribution in [0.15, 0.2) is 11.4 Å². The molecule has 1 aliphatic rings. The van der Waals surface area contributed by atoms with Crippen molar-refractivity contribution in [3.8, 4) is 0 Å². The maximum atomic E-state index is 11.8. The van der Waals surface area contributed by atoms with Crippen LogP contribution in [0.3, 0.4) is 0 Å². The predicted molar refractivity (Wildman–Crippen MR) is 74.4 cm³/mol. The fourth-order valence-corrected chi connectivity index (χ4v) is 3.09. The fraction of sp³-hybridized carbons (Fsp3) is 0.545. The van der Waals surface area contributed by atoms with Crippen molar-refractivity contribution in [3.63, 3.8) is 0 Å². The van der Waals surface area contributed by atoms with Crippen LogP contribution in [0.1, 0.15) is 23.7 Å². The number of rotatable bonds is 3. The highest BCUT2D eigenvalue weighted by Gasteiger charge is 2.39. The second-order valence-electron chi connectivity index (χ2n) is 4.19. The minimum atomic E-state index is -0.932. The summed E-state index contributed by atoms with van der Waals surface area (Å²) in [6.07, 6.45) is 0.334. The Labute approximate surface area is 118 Å². The first-order valence-electron chi connectivity index (χ1n) is 5.37. The molecule has 4 nitrogen and oxygen atoms in total. The Hall–Kier alpha value is -0.180. The van der Waals surface area contributed by atoms with E-state index in [-0.39, 0.29) is 18.6 Å². The maximum absolute atomic E-state index is 11.8. The number of amides is 1. The van der Waals surface area contributed by atoms with Crippen LogP contribution in [0.25, 0.3) is 0 Å². The van der Waals surface area contributed by atoms with E-state index in [4.69, 9.17) is 4.74 Å². The van der Waals surface area contributed by atoms with Crippen molar-refractivity contribution < 1.29 is 14.6 Å². The van der Waals surface area contributed by atoms with Crippen LogP contribution in [-0.2, 0) is 4.74 Å². The number of hydrogen-bond acceptors (Lipinski definition) is 4. The van der Waals surface area contributed by atoms with Crippen LogP contribution in [0.2, 0.25) is 0 Å². The molecular weight excluding hydrogens is 353 g/mol. The summed E-state index contributed by atoms with van der Waals surface area (Å²) in [6.45, 7) is 2.61. The van der Waals surface area contributed by atoms with Gasteiger partial charge in [-0.25, -0.2) is 0 Å². The van der Waals surface area contributed by atoms with Crippen LogP contribution in [0.4, 0.5) is 0 Å². The molecule has 1 aromatic rings. The first-order chi connectivity index (χ1) is 8.01. The zero-order chi connectivity index (χ0) is 12.5. The maximum Gasteiger partial charge on any atom is 0.252 e.